The van der Waals surface area contributed by atoms with Crippen molar-refractivity contribution >= 4 is 23.5 Å². The van der Waals surface area contributed by atoms with E-state index < -0.39 is 47.1 Å². The Bertz CT molecular complexity index is 1150. The topological polar surface area (TPSA) is 142 Å². The van der Waals surface area contributed by atoms with Crippen molar-refractivity contribution < 1.29 is 19.1 Å². The Morgan fingerprint density at radius 2 is 1.67 bits per heavy atom. The van der Waals surface area contributed by atoms with Crippen LogP contribution in [0.4, 0.5) is 5.82 Å². The Kier molecular flexibility index (Phi) is 8.33. The van der Waals surface area contributed by atoms with Gasteiger partial charge >= 0.3 is 11.7 Å². The highest BCUT2D eigenvalue weighted by Crippen LogP contribution is 2.11. The predicted molar refractivity (Wildman–Crippen MR) is 123 cm³/mol. The van der Waals surface area contributed by atoms with Crippen molar-refractivity contribution in [1.29, 1.82) is 0 Å². The van der Waals surface area contributed by atoms with Gasteiger partial charge in [-0.15, -0.1) is 0 Å². The molecule has 0 unspecified atom stereocenters. The monoisotopic (exact) mass is 458 g/mol. The van der Waals surface area contributed by atoms with E-state index in [9.17, 15) is 24.0 Å². The van der Waals surface area contributed by atoms with Gasteiger partial charge in [0, 0.05) is 19.2 Å². The van der Waals surface area contributed by atoms with Crippen LogP contribution >= 0.6 is 0 Å². The molecule has 0 aliphatic carbocycles. The van der Waals surface area contributed by atoms with E-state index in [1.807, 2.05) is 13.8 Å². The SMILES string of the molecule is CC(C)Cn1c(N)c(C(=O)COC(=O)[C@@H](NC(=O)c2ccccc2)C(C)C)c(=O)n(C)c1=O. The van der Waals surface area contributed by atoms with Gasteiger partial charge in [-0.3, -0.25) is 23.5 Å². The second-order valence-electron chi connectivity index (χ2n) is 8.50. The summed E-state index contributed by atoms with van der Waals surface area (Å²) in [5.74, 6) is -2.69. The number of nitrogens with two attached hydrogens (primary N) is 1. The van der Waals surface area contributed by atoms with Gasteiger partial charge in [0.1, 0.15) is 17.4 Å². The van der Waals surface area contributed by atoms with Crippen LogP contribution in [0.5, 0.6) is 0 Å². The number of hydrogen-bond acceptors (Lipinski definition) is 7. The molecule has 3 N–H and O–H groups in total. The van der Waals surface area contributed by atoms with Crippen molar-refractivity contribution in [2.75, 3.05) is 12.3 Å². The van der Waals surface area contributed by atoms with E-state index in [0.717, 1.165) is 9.13 Å². The number of amides is 1. The van der Waals surface area contributed by atoms with Gasteiger partial charge in [-0.25, -0.2) is 9.59 Å². The highest BCUT2D eigenvalue weighted by molar-refractivity contribution is 6.02. The molecule has 0 saturated carbocycles. The molecule has 0 aliphatic rings. The Balaban J connectivity index is 2.21. The molecule has 10 nitrogen and oxygen atoms in total. The lowest BCUT2D eigenvalue weighted by molar-refractivity contribution is -0.145. The van der Waals surface area contributed by atoms with Gasteiger partial charge in [0.05, 0.1) is 0 Å². The summed E-state index contributed by atoms with van der Waals surface area (Å²) in [6.07, 6.45) is 0. The predicted octanol–water partition coefficient (Wildman–Crippen LogP) is 0.966. The van der Waals surface area contributed by atoms with E-state index in [0.29, 0.717) is 5.56 Å². The maximum Gasteiger partial charge on any atom is 0.332 e. The van der Waals surface area contributed by atoms with Gasteiger partial charge in [0.2, 0.25) is 5.78 Å². The minimum Gasteiger partial charge on any atom is -0.456 e. The van der Waals surface area contributed by atoms with Gasteiger partial charge in [-0.1, -0.05) is 45.9 Å². The molecule has 1 atom stereocenters. The second kappa shape index (κ2) is 10.8. The Labute approximate surface area is 191 Å². The first kappa shape index (κ1) is 25.6. The standard InChI is InChI=1S/C23H30N4O6/c1-13(2)11-27-19(24)17(21(30)26(5)23(27)32)16(28)12-33-22(31)18(14(3)4)25-20(29)15-9-7-6-8-10-15/h6-10,13-14,18H,11-12,24H2,1-5H3,(H,25,29)/t18-/m0/s1. The van der Waals surface area contributed by atoms with Crippen LogP contribution in [-0.4, -0.2) is 39.4 Å². The smallest absolute Gasteiger partial charge is 0.332 e. The summed E-state index contributed by atoms with van der Waals surface area (Å²) in [6.45, 7) is 6.59. The van der Waals surface area contributed by atoms with E-state index in [1.165, 1.54) is 7.05 Å². The number of benzene rings is 1. The third kappa shape index (κ3) is 5.97. The summed E-state index contributed by atoms with van der Waals surface area (Å²) >= 11 is 0. The van der Waals surface area contributed by atoms with E-state index in [2.05, 4.69) is 5.32 Å². The molecular formula is C23H30N4O6. The molecule has 0 radical (unpaired) electrons. The van der Waals surface area contributed by atoms with Gasteiger partial charge < -0.3 is 15.8 Å². The lowest BCUT2D eigenvalue weighted by atomic mass is 10.0. The number of Topliss-reactive ketones (excluding diaryl/α,β-unsaturated/α-hetero) is 1. The maximum atomic E-state index is 12.8. The van der Waals surface area contributed by atoms with Gasteiger partial charge in [0.25, 0.3) is 11.5 Å². The molecule has 33 heavy (non-hydrogen) atoms. The molecule has 0 aliphatic heterocycles. The zero-order valence-electron chi connectivity index (χ0n) is 19.5. The third-order valence-corrected chi connectivity index (χ3v) is 5.00. The average Bonchev–Trinajstić information content (AvgIpc) is 2.77. The molecule has 178 valence electrons. The van der Waals surface area contributed by atoms with Crippen LogP contribution in [0.25, 0.3) is 0 Å². The van der Waals surface area contributed by atoms with Crippen LogP contribution in [-0.2, 0) is 23.1 Å². The maximum absolute atomic E-state index is 12.8. The highest BCUT2D eigenvalue weighted by atomic mass is 16.5. The highest BCUT2D eigenvalue weighted by Gasteiger charge is 2.28. The number of hydrogen-bond donors (Lipinski definition) is 2. The van der Waals surface area contributed by atoms with Crippen LogP contribution < -0.4 is 22.3 Å². The number of nitrogen functional groups attached to an aromatic ring is 1. The number of esters is 1. The van der Waals surface area contributed by atoms with E-state index in [-0.39, 0.29) is 24.2 Å². The molecule has 0 spiro atoms. The molecule has 1 amide bonds. The average molecular weight is 459 g/mol. The molecule has 10 heteroatoms. The number of nitrogens with one attached hydrogen (secondary N) is 1. The fourth-order valence-electron chi connectivity index (χ4n) is 3.20. The van der Waals surface area contributed by atoms with E-state index in [1.54, 1.807) is 44.2 Å². The van der Waals surface area contributed by atoms with Crippen molar-refractivity contribution in [2.24, 2.45) is 18.9 Å². The number of aromatic nitrogens is 2. The summed E-state index contributed by atoms with van der Waals surface area (Å²) in [5, 5.41) is 2.61. The summed E-state index contributed by atoms with van der Waals surface area (Å²) in [6, 6.07) is 7.34. The number of rotatable bonds is 9. The molecule has 1 heterocycles. The Morgan fingerprint density at radius 3 is 2.21 bits per heavy atom. The summed E-state index contributed by atoms with van der Waals surface area (Å²) in [5.41, 5.74) is 4.43. The minimum absolute atomic E-state index is 0.0308. The molecule has 1 aromatic carbocycles. The molecule has 2 rings (SSSR count). The zero-order valence-corrected chi connectivity index (χ0v) is 19.5. The van der Waals surface area contributed by atoms with Gasteiger partial charge in [0.15, 0.2) is 6.61 Å². The summed E-state index contributed by atoms with van der Waals surface area (Å²) in [4.78, 5) is 62.7. The molecule has 1 aromatic heterocycles. The quantitative estimate of drug-likeness (QED) is 0.421. The number of nitrogens with zero attached hydrogens (tertiary/aromatic N) is 2. The first-order valence-electron chi connectivity index (χ1n) is 10.6. The van der Waals surface area contributed by atoms with Gasteiger partial charge in [-0.2, -0.15) is 0 Å². The Hall–Kier alpha value is -3.69. The lowest BCUT2D eigenvalue weighted by Crippen LogP contribution is -2.46. The van der Waals surface area contributed by atoms with Crippen LogP contribution in [0.2, 0.25) is 0 Å². The third-order valence-electron chi connectivity index (χ3n) is 5.00. The number of carbonyl (C=O) groups is 3. The van der Waals surface area contributed by atoms with Crippen LogP contribution in [0, 0.1) is 11.8 Å². The van der Waals surface area contributed by atoms with Crippen molar-refractivity contribution in [3.8, 4) is 0 Å². The minimum atomic E-state index is -1.01. The van der Waals surface area contributed by atoms with Crippen molar-refractivity contribution in [2.45, 2.75) is 40.3 Å². The Morgan fingerprint density at radius 1 is 1.06 bits per heavy atom. The number of ether oxygens (including phenoxy) is 1. The van der Waals surface area contributed by atoms with Crippen molar-refractivity contribution in [3.05, 3.63) is 62.3 Å². The van der Waals surface area contributed by atoms with Crippen molar-refractivity contribution in [3.63, 3.8) is 0 Å². The lowest BCUT2D eigenvalue weighted by Gasteiger charge is -2.21. The molecular weight excluding hydrogens is 428 g/mol. The fourth-order valence-corrected chi connectivity index (χ4v) is 3.20. The van der Waals surface area contributed by atoms with Crippen LogP contribution in [0.1, 0.15) is 48.4 Å². The number of carbonyl (C=O) groups excluding carboxylic acids is 3. The van der Waals surface area contributed by atoms with Crippen LogP contribution in [0.3, 0.4) is 0 Å². The number of anilines is 1. The zero-order chi connectivity index (χ0) is 24.9. The van der Waals surface area contributed by atoms with E-state index >= 15 is 0 Å². The van der Waals surface area contributed by atoms with E-state index in [4.69, 9.17) is 10.5 Å². The number of ketones is 1. The molecule has 2 aromatic rings. The summed E-state index contributed by atoms with van der Waals surface area (Å²) < 4.78 is 7.07. The molecule has 0 fully saturated rings. The second-order valence-corrected chi connectivity index (χ2v) is 8.50. The van der Waals surface area contributed by atoms with Crippen LogP contribution in [0.15, 0.2) is 39.9 Å². The van der Waals surface area contributed by atoms with Crippen molar-refractivity contribution in [1.82, 2.24) is 14.5 Å². The summed E-state index contributed by atoms with van der Waals surface area (Å²) in [7, 11) is 1.25. The molecule has 0 bridgehead atoms. The first-order valence-corrected chi connectivity index (χ1v) is 10.6. The van der Waals surface area contributed by atoms with Gasteiger partial charge in [-0.05, 0) is 24.0 Å². The fraction of sp³-hybridized carbons (Fsp3) is 0.435. The first-order chi connectivity index (χ1) is 15.5. The molecule has 0 saturated heterocycles. The largest absolute Gasteiger partial charge is 0.456 e. The normalized spacial score (nSPS) is 12.0.